The van der Waals surface area contributed by atoms with Crippen molar-refractivity contribution in [3.05, 3.63) is 59.1 Å². The molecule has 3 aromatic rings. The van der Waals surface area contributed by atoms with Gasteiger partial charge in [-0.1, -0.05) is 24.3 Å². The van der Waals surface area contributed by atoms with Crippen LogP contribution in [0, 0.1) is 0 Å². The van der Waals surface area contributed by atoms with Crippen LogP contribution in [0.3, 0.4) is 0 Å². The van der Waals surface area contributed by atoms with Crippen molar-refractivity contribution in [3.63, 3.8) is 0 Å². The summed E-state index contributed by atoms with van der Waals surface area (Å²) in [6.07, 6.45) is 3.32. The molecule has 27 heavy (non-hydrogen) atoms. The number of likely N-dealkylation sites (tertiary alicyclic amines) is 1. The summed E-state index contributed by atoms with van der Waals surface area (Å²) in [5, 5.41) is 1.22. The van der Waals surface area contributed by atoms with Crippen molar-refractivity contribution < 1.29 is 9.53 Å². The van der Waals surface area contributed by atoms with Gasteiger partial charge in [0.1, 0.15) is 5.75 Å². The Kier molecular flexibility index (Phi) is 5.39. The van der Waals surface area contributed by atoms with Gasteiger partial charge in [0.05, 0.1) is 22.3 Å². The number of nitrogens with zero attached hydrogens (tertiary/aromatic N) is 2. The molecule has 1 aliphatic rings. The van der Waals surface area contributed by atoms with E-state index >= 15 is 0 Å². The minimum Gasteiger partial charge on any atom is -0.497 e. The summed E-state index contributed by atoms with van der Waals surface area (Å²) in [4.78, 5) is 19.4. The van der Waals surface area contributed by atoms with Gasteiger partial charge in [0.15, 0.2) is 0 Å². The third kappa shape index (κ3) is 4.14. The second-order valence-corrected chi connectivity index (χ2v) is 8.09. The molecule has 140 valence electrons. The molecule has 0 atom stereocenters. The lowest BCUT2D eigenvalue weighted by Gasteiger charge is -2.31. The van der Waals surface area contributed by atoms with Gasteiger partial charge in [0, 0.05) is 25.4 Å². The molecule has 1 aromatic heterocycles. The highest BCUT2D eigenvalue weighted by Gasteiger charge is 2.25. The minimum absolute atomic E-state index is 0.251. The first kappa shape index (κ1) is 18.0. The minimum atomic E-state index is 0.251. The number of hydrogen-bond donors (Lipinski definition) is 0. The molecule has 0 radical (unpaired) electrons. The van der Waals surface area contributed by atoms with Crippen LogP contribution in [0.4, 0.5) is 0 Å². The lowest BCUT2D eigenvalue weighted by atomic mass is 9.97. The molecule has 2 aromatic carbocycles. The number of amides is 1. The zero-order valence-electron chi connectivity index (χ0n) is 15.6. The molecular formula is C22H24N2O2S. The van der Waals surface area contributed by atoms with Gasteiger partial charge in [0.25, 0.3) is 0 Å². The van der Waals surface area contributed by atoms with Crippen LogP contribution in [0.15, 0.2) is 48.5 Å². The monoisotopic (exact) mass is 380 g/mol. The lowest BCUT2D eigenvalue weighted by Crippen LogP contribution is -2.38. The molecule has 5 heteroatoms. The third-order valence-corrected chi connectivity index (χ3v) is 6.47. The summed E-state index contributed by atoms with van der Waals surface area (Å²) in [6, 6.07) is 16.3. The van der Waals surface area contributed by atoms with Crippen molar-refractivity contribution in [2.75, 3.05) is 20.2 Å². The second kappa shape index (κ2) is 8.09. The van der Waals surface area contributed by atoms with Crippen LogP contribution in [0.1, 0.15) is 35.8 Å². The van der Waals surface area contributed by atoms with E-state index in [2.05, 4.69) is 24.3 Å². The van der Waals surface area contributed by atoms with E-state index in [1.54, 1.807) is 18.4 Å². The molecule has 4 rings (SSSR count). The number of ether oxygens (including phenoxy) is 1. The summed E-state index contributed by atoms with van der Waals surface area (Å²) >= 11 is 1.80. The maximum absolute atomic E-state index is 12.6. The van der Waals surface area contributed by atoms with Gasteiger partial charge in [-0.3, -0.25) is 4.79 Å². The normalized spacial score (nSPS) is 15.2. The number of carbonyl (C=O) groups excluding carboxylic acids is 1. The first-order valence-electron chi connectivity index (χ1n) is 9.49. The number of carbonyl (C=O) groups is 1. The number of thiazole rings is 1. The largest absolute Gasteiger partial charge is 0.497 e. The zero-order valence-corrected chi connectivity index (χ0v) is 16.4. The van der Waals surface area contributed by atoms with Crippen LogP contribution >= 0.6 is 11.3 Å². The Labute approximate surface area is 163 Å². The zero-order chi connectivity index (χ0) is 18.6. The summed E-state index contributed by atoms with van der Waals surface area (Å²) in [5.74, 6) is 1.57. The fourth-order valence-electron chi connectivity index (χ4n) is 3.68. The average Bonchev–Trinajstić information content (AvgIpc) is 3.16. The Morgan fingerprint density at radius 2 is 2.00 bits per heavy atom. The van der Waals surface area contributed by atoms with Crippen LogP contribution in [-0.4, -0.2) is 36.0 Å². The molecule has 1 fully saturated rings. The Morgan fingerprint density at radius 1 is 1.19 bits per heavy atom. The first-order chi connectivity index (χ1) is 13.2. The molecule has 0 N–H and O–H groups in total. The van der Waals surface area contributed by atoms with Gasteiger partial charge in [-0.15, -0.1) is 11.3 Å². The summed E-state index contributed by atoms with van der Waals surface area (Å²) < 4.78 is 6.51. The molecular weight excluding hydrogens is 356 g/mol. The van der Waals surface area contributed by atoms with Gasteiger partial charge in [-0.25, -0.2) is 4.98 Å². The number of fused-ring (bicyclic) bond motifs is 1. The van der Waals surface area contributed by atoms with Gasteiger partial charge in [-0.2, -0.15) is 0 Å². The summed E-state index contributed by atoms with van der Waals surface area (Å²) in [5.41, 5.74) is 2.24. The molecule has 2 heterocycles. The van der Waals surface area contributed by atoms with E-state index in [0.29, 0.717) is 12.3 Å². The number of para-hydroxylation sites is 1. The average molecular weight is 381 g/mol. The number of hydrogen-bond acceptors (Lipinski definition) is 4. The Bertz CT molecular complexity index is 896. The predicted molar refractivity (Wildman–Crippen MR) is 109 cm³/mol. The quantitative estimate of drug-likeness (QED) is 0.647. The van der Waals surface area contributed by atoms with Crippen LogP contribution in [0.25, 0.3) is 10.2 Å². The SMILES string of the molecule is COc1cccc(CCC(=O)N2CCC(c3nc4ccccc4s3)CC2)c1. The van der Waals surface area contributed by atoms with E-state index in [1.807, 2.05) is 29.2 Å². The predicted octanol–water partition coefficient (Wildman–Crippen LogP) is 4.64. The van der Waals surface area contributed by atoms with Crippen LogP contribution < -0.4 is 4.74 Å². The highest BCUT2D eigenvalue weighted by molar-refractivity contribution is 7.18. The Morgan fingerprint density at radius 3 is 2.78 bits per heavy atom. The Hall–Kier alpha value is -2.40. The molecule has 0 aliphatic carbocycles. The van der Waals surface area contributed by atoms with Crippen molar-refractivity contribution >= 4 is 27.5 Å². The van der Waals surface area contributed by atoms with Crippen molar-refractivity contribution in [1.29, 1.82) is 0 Å². The smallest absolute Gasteiger partial charge is 0.222 e. The topological polar surface area (TPSA) is 42.4 Å². The van der Waals surface area contributed by atoms with E-state index < -0.39 is 0 Å². The highest BCUT2D eigenvalue weighted by atomic mass is 32.1. The van der Waals surface area contributed by atoms with Gasteiger partial charge in [-0.05, 0) is 49.1 Å². The Balaban J connectivity index is 1.31. The fraction of sp³-hybridized carbons (Fsp3) is 0.364. The third-order valence-electron chi connectivity index (χ3n) is 5.27. The molecule has 0 spiro atoms. The molecule has 0 bridgehead atoms. The van der Waals surface area contributed by atoms with Crippen molar-refractivity contribution in [2.24, 2.45) is 0 Å². The molecule has 1 aliphatic heterocycles. The van der Waals surface area contributed by atoms with E-state index in [9.17, 15) is 4.79 Å². The number of piperidine rings is 1. The van der Waals surface area contributed by atoms with E-state index in [-0.39, 0.29) is 5.91 Å². The molecule has 0 saturated carbocycles. The van der Waals surface area contributed by atoms with Crippen LogP contribution in [-0.2, 0) is 11.2 Å². The van der Waals surface area contributed by atoms with Crippen molar-refractivity contribution in [1.82, 2.24) is 9.88 Å². The number of aryl methyl sites for hydroxylation is 1. The van der Waals surface area contributed by atoms with Crippen molar-refractivity contribution in [3.8, 4) is 5.75 Å². The number of rotatable bonds is 5. The molecule has 1 amide bonds. The molecule has 4 nitrogen and oxygen atoms in total. The maximum atomic E-state index is 12.6. The molecule has 1 saturated heterocycles. The second-order valence-electron chi connectivity index (χ2n) is 7.03. The van der Waals surface area contributed by atoms with Crippen LogP contribution in [0.2, 0.25) is 0 Å². The van der Waals surface area contributed by atoms with Gasteiger partial charge < -0.3 is 9.64 Å². The number of benzene rings is 2. The fourth-order valence-corrected chi connectivity index (χ4v) is 4.81. The van der Waals surface area contributed by atoms with Crippen molar-refractivity contribution in [2.45, 2.75) is 31.6 Å². The van der Waals surface area contributed by atoms with Crippen LogP contribution in [0.5, 0.6) is 5.75 Å². The first-order valence-corrected chi connectivity index (χ1v) is 10.3. The number of aromatic nitrogens is 1. The van der Waals surface area contributed by atoms with Gasteiger partial charge >= 0.3 is 0 Å². The summed E-state index contributed by atoms with van der Waals surface area (Å²) in [6.45, 7) is 1.66. The highest BCUT2D eigenvalue weighted by Crippen LogP contribution is 2.33. The van der Waals surface area contributed by atoms with E-state index in [4.69, 9.17) is 9.72 Å². The lowest BCUT2D eigenvalue weighted by molar-refractivity contribution is -0.132. The maximum Gasteiger partial charge on any atom is 0.222 e. The summed E-state index contributed by atoms with van der Waals surface area (Å²) in [7, 11) is 1.67. The van der Waals surface area contributed by atoms with E-state index in [1.165, 1.54) is 9.71 Å². The van der Waals surface area contributed by atoms with E-state index in [0.717, 1.165) is 49.2 Å². The number of methoxy groups -OCH3 is 1. The molecule has 0 unspecified atom stereocenters. The van der Waals surface area contributed by atoms with Gasteiger partial charge in [0.2, 0.25) is 5.91 Å². The standard InChI is InChI=1S/C22H24N2O2S/c1-26-18-6-4-5-16(15-18)9-10-21(25)24-13-11-17(12-14-24)22-23-19-7-2-3-8-20(19)27-22/h2-8,15,17H,9-14H2,1H3.